The first-order valence-corrected chi connectivity index (χ1v) is 9.93. The van der Waals surface area contributed by atoms with Crippen molar-refractivity contribution < 1.29 is 9.47 Å². The van der Waals surface area contributed by atoms with Crippen LogP contribution in [0.2, 0.25) is 0 Å². The third kappa shape index (κ3) is 4.33. The zero-order valence-corrected chi connectivity index (χ0v) is 15.9. The molecule has 0 unspecified atom stereocenters. The Hall–Kier alpha value is -2.33. The molecule has 0 bridgehead atoms. The standard InChI is InChI=1S/C23H28N2O2/c1-26-20-13-7-12-19(14-20)23-22(18-10-3-2-4-11-18)24-21(25-23)16-27-15-17-8-5-6-9-17/h2-4,7,10-14,17,22-23H,5-6,8-9,15-16H2,1H3,(H,24,25)/t22-,23+/m1/s1. The van der Waals surface area contributed by atoms with Gasteiger partial charge >= 0.3 is 0 Å². The van der Waals surface area contributed by atoms with Crippen LogP contribution in [-0.4, -0.2) is 26.2 Å². The Bertz CT molecular complexity index is 769. The summed E-state index contributed by atoms with van der Waals surface area (Å²) in [5, 5.41) is 3.60. The number of nitrogens with one attached hydrogen (secondary N) is 1. The minimum atomic E-state index is 0.0209. The van der Waals surface area contributed by atoms with Crippen LogP contribution >= 0.6 is 0 Å². The number of ether oxygens (including phenoxy) is 2. The second-order valence-corrected chi connectivity index (χ2v) is 7.50. The average Bonchev–Trinajstić information content (AvgIpc) is 3.39. The highest BCUT2D eigenvalue weighted by atomic mass is 16.5. The van der Waals surface area contributed by atoms with Gasteiger partial charge in [-0.1, -0.05) is 55.3 Å². The van der Waals surface area contributed by atoms with Crippen molar-refractivity contribution in [1.29, 1.82) is 0 Å². The summed E-state index contributed by atoms with van der Waals surface area (Å²) < 4.78 is 11.4. The normalized spacial score (nSPS) is 22.5. The second kappa shape index (κ2) is 8.57. The Balaban J connectivity index is 1.50. The van der Waals surface area contributed by atoms with Gasteiger partial charge in [0.05, 0.1) is 13.2 Å². The van der Waals surface area contributed by atoms with Gasteiger partial charge in [-0.3, -0.25) is 4.99 Å². The smallest absolute Gasteiger partial charge is 0.124 e. The lowest BCUT2D eigenvalue weighted by Crippen LogP contribution is -2.28. The van der Waals surface area contributed by atoms with Crippen molar-refractivity contribution in [3.63, 3.8) is 0 Å². The highest BCUT2D eigenvalue weighted by Gasteiger charge is 2.31. The predicted molar refractivity (Wildman–Crippen MR) is 108 cm³/mol. The molecule has 1 aliphatic heterocycles. The summed E-state index contributed by atoms with van der Waals surface area (Å²) in [6, 6.07) is 18.8. The lowest BCUT2D eigenvalue weighted by Gasteiger charge is -2.20. The lowest BCUT2D eigenvalue weighted by atomic mass is 9.95. The van der Waals surface area contributed by atoms with Crippen LogP contribution in [0.5, 0.6) is 5.75 Å². The predicted octanol–water partition coefficient (Wildman–Crippen LogP) is 4.69. The summed E-state index contributed by atoms with van der Waals surface area (Å²) in [6.45, 7) is 1.40. The molecule has 2 aromatic carbocycles. The molecule has 1 aliphatic carbocycles. The lowest BCUT2D eigenvalue weighted by molar-refractivity contribution is 0.131. The van der Waals surface area contributed by atoms with E-state index in [9.17, 15) is 0 Å². The number of methoxy groups -OCH3 is 1. The van der Waals surface area contributed by atoms with Crippen LogP contribution in [0.25, 0.3) is 0 Å². The van der Waals surface area contributed by atoms with Crippen molar-refractivity contribution >= 4 is 5.84 Å². The maximum Gasteiger partial charge on any atom is 0.124 e. The number of hydrogen-bond acceptors (Lipinski definition) is 4. The largest absolute Gasteiger partial charge is 0.497 e. The molecule has 2 aliphatic rings. The monoisotopic (exact) mass is 364 g/mol. The first kappa shape index (κ1) is 18.1. The van der Waals surface area contributed by atoms with Gasteiger partial charge in [0.25, 0.3) is 0 Å². The number of nitrogens with zero attached hydrogens (tertiary/aromatic N) is 1. The Morgan fingerprint density at radius 1 is 1.00 bits per heavy atom. The molecule has 1 saturated carbocycles. The van der Waals surface area contributed by atoms with E-state index in [-0.39, 0.29) is 12.1 Å². The van der Waals surface area contributed by atoms with E-state index in [0.29, 0.717) is 6.61 Å². The average molecular weight is 364 g/mol. The molecule has 0 spiro atoms. The quantitative estimate of drug-likeness (QED) is 0.775. The van der Waals surface area contributed by atoms with Crippen molar-refractivity contribution in [2.24, 2.45) is 10.9 Å². The van der Waals surface area contributed by atoms with Crippen molar-refractivity contribution in [2.45, 2.75) is 37.8 Å². The maximum absolute atomic E-state index is 6.00. The highest BCUT2D eigenvalue weighted by Crippen LogP contribution is 2.37. The minimum absolute atomic E-state index is 0.0209. The summed E-state index contributed by atoms with van der Waals surface area (Å²) in [6.07, 6.45) is 5.31. The third-order valence-corrected chi connectivity index (χ3v) is 5.59. The van der Waals surface area contributed by atoms with Crippen LogP contribution in [-0.2, 0) is 4.74 Å². The van der Waals surface area contributed by atoms with Crippen LogP contribution < -0.4 is 10.1 Å². The molecular formula is C23H28N2O2. The number of rotatable bonds is 7. The minimum Gasteiger partial charge on any atom is -0.497 e. The molecule has 1 N–H and O–H groups in total. The van der Waals surface area contributed by atoms with E-state index in [1.54, 1.807) is 7.11 Å². The third-order valence-electron chi connectivity index (χ3n) is 5.59. The molecule has 1 heterocycles. The van der Waals surface area contributed by atoms with Gasteiger partial charge in [-0.05, 0) is 42.0 Å². The van der Waals surface area contributed by atoms with Crippen LogP contribution in [0.15, 0.2) is 59.6 Å². The maximum atomic E-state index is 6.00. The van der Waals surface area contributed by atoms with Crippen LogP contribution in [0.3, 0.4) is 0 Å². The van der Waals surface area contributed by atoms with Crippen LogP contribution in [0.1, 0.15) is 48.9 Å². The van der Waals surface area contributed by atoms with Gasteiger partial charge in [0.2, 0.25) is 0 Å². The molecule has 0 amide bonds. The van der Waals surface area contributed by atoms with Crippen molar-refractivity contribution in [3.8, 4) is 5.75 Å². The zero-order valence-electron chi connectivity index (χ0n) is 15.9. The highest BCUT2D eigenvalue weighted by molar-refractivity contribution is 5.86. The van der Waals surface area contributed by atoms with Gasteiger partial charge < -0.3 is 14.8 Å². The Labute approximate surface area is 161 Å². The van der Waals surface area contributed by atoms with E-state index in [1.807, 2.05) is 18.2 Å². The van der Waals surface area contributed by atoms with E-state index in [1.165, 1.54) is 31.2 Å². The molecule has 2 aromatic rings. The van der Waals surface area contributed by atoms with Crippen LogP contribution in [0, 0.1) is 5.92 Å². The SMILES string of the molecule is COc1cccc([C@@H]2N=C(COCC3CCCC3)N[C@@H]2c2ccccc2)c1. The van der Waals surface area contributed by atoms with Gasteiger partial charge in [0.15, 0.2) is 0 Å². The zero-order chi connectivity index (χ0) is 18.5. The molecule has 4 nitrogen and oxygen atoms in total. The Morgan fingerprint density at radius 3 is 2.56 bits per heavy atom. The number of hydrogen-bond donors (Lipinski definition) is 1. The molecule has 0 saturated heterocycles. The van der Waals surface area contributed by atoms with Gasteiger partial charge in [0, 0.05) is 6.61 Å². The van der Waals surface area contributed by atoms with E-state index in [2.05, 4.69) is 41.7 Å². The van der Waals surface area contributed by atoms with Crippen molar-refractivity contribution in [1.82, 2.24) is 5.32 Å². The molecule has 142 valence electrons. The van der Waals surface area contributed by atoms with Gasteiger partial charge in [-0.15, -0.1) is 0 Å². The van der Waals surface area contributed by atoms with E-state index < -0.39 is 0 Å². The fourth-order valence-corrected chi connectivity index (χ4v) is 4.13. The summed E-state index contributed by atoms with van der Waals surface area (Å²) in [4.78, 5) is 4.98. The second-order valence-electron chi connectivity index (χ2n) is 7.50. The van der Waals surface area contributed by atoms with Gasteiger partial charge in [0.1, 0.15) is 24.2 Å². The van der Waals surface area contributed by atoms with E-state index >= 15 is 0 Å². The Kier molecular flexibility index (Phi) is 5.73. The first-order valence-electron chi connectivity index (χ1n) is 9.93. The van der Waals surface area contributed by atoms with Crippen LogP contribution in [0.4, 0.5) is 0 Å². The summed E-state index contributed by atoms with van der Waals surface area (Å²) in [5.74, 6) is 2.53. The van der Waals surface area contributed by atoms with Crippen molar-refractivity contribution in [3.05, 3.63) is 65.7 Å². The molecule has 2 atom stereocenters. The topological polar surface area (TPSA) is 42.9 Å². The number of aliphatic imine (C=N–C) groups is 1. The fourth-order valence-electron chi connectivity index (χ4n) is 4.13. The van der Waals surface area contributed by atoms with Gasteiger partial charge in [-0.25, -0.2) is 0 Å². The summed E-state index contributed by atoms with van der Waals surface area (Å²) in [5.41, 5.74) is 2.39. The molecule has 4 heteroatoms. The van der Waals surface area contributed by atoms with Gasteiger partial charge in [-0.2, -0.15) is 0 Å². The number of amidine groups is 1. The molecule has 0 radical (unpaired) electrons. The first-order chi connectivity index (χ1) is 13.3. The van der Waals surface area contributed by atoms with E-state index in [4.69, 9.17) is 14.5 Å². The Morgan fingerprint density at radius 2 is 1.78 bits per heavy atom. The number of benzene rings is 2. The molecule has 27 heavy (non-hydrogen) atoms. The van der Waals surface area contributed by atoms with Crippen molar-refractivity contribution in [2.75, 3.05) is 20.3 Å². The van der Waals surface area contributed by atoms with E-state index in [0.717, 1.165) is 29.7 Å². The summed E-state index contributed by atoms with van der Waals surface area (Å²) in [7, 11) is 1.70. The molecule has 4 rings (SSSR count). The molecule has 1 fully saturated rings. The fraction of sp³-hybridized carbons (Fsp3) is 0.435. The molecule has 0 aromatic heterocycles. The molecular weight excluding hydrogens is 336 g/mol. The summed E-state index contributed by atoms with van der Waals surface area (Å²) >= 11 is 0.